The smallest absolute Gasteiger partial charge is 0.0939 e. The fraction of sp³-hybridized carbons (Fsp3) is 0.389. The van der Waals surface area contributed by atoms with Crippen LogP contribution in [0.15, 0.2) is 54.7 Å². The number of hydrogen-bond donors (Lipinski definition) is 0. The van der Waals surface area contributed by atoms with Gasteiger partial charge in [0.2, 0.25) is 0 Å². The third-order valence-electron chi connectivity index (χ3n) is 3.76. The molecule has 0 aliphatic carbocycles. The van der Waals surface area contributed by atoms with Gasteiger partial charge in [0.05, 0.1) is 31.6 Å². The van der Waals surface area contributed by atoms with Crippen molar-refractivity contribution < 1.29 is 9.47 Å². The van der Waals surface area contributed by atoms with Gasteiger partial charge in [0.15, 0.2) is 0 Å². The predicted octanol–water partition coefficient (Wildman–Crippen LogP) is 2.50. The highest BCUT2D eigenvalue weighted by atomic mass is 16.5. The molecule has 0 unspecified atom stereocenters. The lowest BCUT2D eigenvalue weighted by Crippen LogP contribution is -2.34. The van der Waals surface area contributed by atoms with Crippen LogP contribution in [0.2, 0.25) is 0 Å². The molecule has 2 heterocycles. The summed E-state index contributed by atoms with van der Waals surface area (Å²) in [5.41, 5.74) is 2.29. The largest absolute Gasteiger partial charge is 0.377 e. The summed E-state index contributed by atoms with van der Waals surface area (Å²) in [6.07, 6.45) is 1.94. The van der Waals surface area contributed by atoms with Crippen LogP contribution in [0.1, 0.15) is 11.3 Å². The van der Waals surface area contributed by atoms with Gasteiger partial charge in [-0.15, -0.1) is 0 Å². The SMILES string of the molecule is c1ccc(CO[C@H]2COCCN(Cc3ccccn3)C2)cc1. The Hall–Kier alpha value is -1.75. The van der Waals surface area contributed by atoms with Crippen molar-refractivity contribution >= 4 is 0 Å². The number of nitrogens with zero attached hydrogens (tertiary/aromatic N) is 2. The average molecular weight is 298 g/mol. The van der Waals surface area contributed by atoms with Gasteiger partial charge in [0.1, 0.15) is 0 Å². The molecule has 1 aliphatic rings. The predicted molar refractivity (Wildman–Crippen MR) is 85.4 cm³/mol. The molecule has 4 nitrogen and oxygen atoms in total. The van der Waals surface area contributed by atoms with E-state index in [0.717, 1.165) is 31.9 Å². The Morgan fingerprint density at radius 2 is 2.00 bits per heavy atom. The van der Waals surface area contributed by atoms with E-state index in [4.69, 9.17) is 9.47 Å². The van der Waals surface area contributed by atoms with Crippen LogP contribution in [-0.4, -0.2) is 42.3 Å². The summed E-state index contributed by atoms with van der Waals surface area (Å²) in [5.74, 6) is 0. The van der Waals surface area contributed by atoms with E-state index in [0.29, 0.717) is 13.2 Å². The highest BCUT2D eigenvalue weighted by Gasteiger charge is 2.19. The molecule has 1 aromatic heterocycles. The van der Waals surface area contributed by atoms with E-state index in [9.17, 15) is 0 Å². The summed E-state index contributed by atoms with van der Waals surface area (Å²) >= 11 is 0. The van der Waals surface area contributed by atoms with Crippen LogP contribution in [0.25, 0.3) is 0 Å². The maximum absolute atomic E-state index is 6.03. The molecule has 3 rings (SSSR count). The summed E-state index contributed by atoms with van der Waals surface area (Å²) < 4.78 is 11.7. The topological polar surface area (TPSA) is 34.6 Å². The van der Waals surface area contributed by atoms with Gasteiger partial charge < -0.3 is 9.47 Å². The molecule has 22 heavy (non-hydrogen) atoms. The molecule has 2 aromatic rings. The first-order chi connectivity index (χ1) is 10.9. The minimum Gasteiger partial charge on any atom is -0.377 e. The molecular formula is C18H22N2O2. The fourth-order valence-electron chi connectivity index (χ4n) is 2.59. The van der Waals surface area contributed by atoms with Gasteiger partial charge in [-0.2, -0.15) is 0 Å². The summed E-state index contributed by atoms with van der Waals surface area (Å²) in [6.45, 7) is 4.68. The third kappa shape index (κ3) is 4.63. The molecule has 0 N–H and O–H groups in total. The molecule has 0 saturated carbocycles. The highest BCUT2D eigenvalue weighted by Crippen LogP contribution is 2.10. The Morgan fingerprint density at radius 1 is 1.14 bits per heavy atom. The van der Waals surface area contributed by atoms with Gasteiger partial charge in [-0.3, -0.25) is 9.88 Å². The first-order valence-electron chi connectivity index (χ1n) is 7.76. The van der Waals surface area contributed by atoms with Crippen molar-refractivity contribution in [3.63, 3.8) is 0 Å². The first kappa shape index (κ1) is 15.2. The molecule has 4 heteroatoms. The molecule has 1 saturated heterocycles. The van der Waals surface area contributed by atoms with Crippen molar-refractivity contribution in [3.05, 3.63) is 66.0 Å². The van der Waals surface area contributed by atoms with E-state index in [1.807, 2.05) is 36.5 Å². The van der Waals surface area contributed by atoms with Crippen LogP contribution >= 0.6 is 0 Å². The van der Waals surface area contributed by atoms with Gasteiger partial charge in [-0.05, 0) is 17.7 Å². The van der Waals surface area contributed by atoms with Crippen molar-refractivity contribution in [2.75, 3.05) is 26.3 Å². The minimum atomic E-state index is 0.103. The lowest BCUT2D eigenvalue weighted by atomic mass is 10.2. The standard InChI is InChI=1S/C18H22N2O2/c1-2-6-16(7-3-1)14-22-18-13-20(10-11-21-15-18)12-17-8-4-5-9-19-17/h1-9,18H,10-15H2/t18-/m1/s1. The molecule has 0 bridgehead atoms. The summed E-state index contributed by atoms with van der Waals surface area (Å²) in [5, 5.41) is 0. The molecule has 0 radical (unpaired) electrons. The average Bonchev–Trinajstić information content (AvgIpc) is 2.80. The van der Waals surface area contributed by atoms with Crippen molar-refractivity contribution in [3.8, 4) is 0 Å². The number of aromatic nitrogens is 1. The van der Waals surface area contributed by atoms with E-state index < -0.39 is 0 Å². The van der Waals surface area contributed by atoms with E-state index in [1.54, 1.807) is 0 Å². The normalized spacial score (nSPS) is 19.7. The Labute approximate surface area is 131 Å². The van der Waals surface area contributed by atoms with E-state index in [-0.39, 0.29) is 6.10 Å². The van der Waals surface area contributed by atoms with E-state index in [2.05, 4.69) is 28.1 Å². The van der Waals surface area contributed by atoms with Crippen LogP contribution in [0, 0.1) is 0 Å². The monoisotopic (exact) mass is 298 g/mol. The molecule has 0 amide bonds. The van der Waals surface area contributed by atoms with Crippen LogP contribution in [0.3, 0.4) is 0 Å². The van der Waals surface area contributed by atoms with Crippen LogP contribution in [0.4, 0.5) is 0 Å². The molecule has 116 valence electrons. The quantitative estimate of drug-likeness (QED) is 0.849. The summed E-state index contributed by atoms with van der Waals surface area (Å²) in [4.78, 5) is 6.75. The molecule has 1 fully saturated rings. The zero-order valence-corrected chi connectivity index (χ0v) is 12.7. The lowest BCUT2D eigenvalue weighted by molar-refractivity contribution is -0.0156. The maximum atomic E-state index is 6.03. The highest BCUT2D eigenvalue weighted by molar-refractivity contribution is 5.13. The molecule has 0 spiro atoms. The first-order valence-corrected chi connectivity index (χ1v) is 7.76. The zero-order valence-electron chi connectivity index (χ0n) is 12.7. The van der Waals surface area contributed by atoms with Crippen LogP contribution in [-0.2, 0) is 22.6 Å². The number of ether oxygens (including phenoxy) is 2. The molecule has 1 aliphatic heterocycles. The van der Waals surface area contributed by atoms with Gasteiger partial charge in [-0.1, -0.05) is 36.4 Å². The maximum Gasteiger partial charge on any atom is 0.0939 e. The van der Waals surface area contributed by atoms with E-state index in [1.165, 1.54) is 5.56 Å². The number of rotatable bonds is 5. The third-order valence-corrected chi connectivity index (χ3v) is 3.76. The molecule has 1 atom stereocenters. The Balaban J connectivity index is 1.53. The number of hydrogen-bond acceptors (Lipinski definition) is 4. The van der Waals surface area contributed by atoms with E-state index >= 15 is 0 Å². The van der Waals surface area contributed by atoms with Gasteiger partial charge in [0, 0.05) is 25.8 Å². The Morgan fingerprint density at radius 3 is 2.82 bits per heavy atom. The van der Waals surface area contributed by atoms with Crippen molar-refractivity contribution in [1.29, 1.82) is 0 Å². The van der Waals surface area contributed by atoms with Gasteiger partial charge >= 0.3 is 0 Å². The van der Waals surface area contributed by atoms with Gasteiger partial charge in [0.25, 0.3) is 0 Å². The second-order valence-electron chi connectivity index (χ2n) is 5.55. The second-order valence-corrected chi connectivity index (χ2v) is 5.55. The van der Waals surface area contributed by atoms with Crippen molar-refractivity contribution in [2.24, 2.45) is 0 Å². The minimum absolute atomic E-state index is 0.103. The van der Waals surface area contributed by atoms with Gasteiger partial charge in [-0.25, -0.2) is 0 Å². The molecule has 1 aromatic carbocycles. The van der Waals surface area contributed by atoms with Crippen molar-refractivity contribution in [2.45, 2.75) is 19.3 Å². The number of benzene rings is 1. The Kier molecular flexibility index (Phi) is 5.54. The number of pyridine rings is 1. The zero-order chi connectivity index (χ0) is 15.0. The van der Waals surface area contributed by atoms with Crippen molar-refractivity contribution in [1.82, 2.24) is 9.88 Å². The molecular weight excluding hydrogens is 276 g/mol. The fourth-order valence-corrected chi connectivity index (χ4v) is 2.59. The Bertz CT molecular complexity index is 548. The lowest BCUT2D eigenvalue weighted by Gasteiger charge is -2.23. The van der Waals surface area contributed by atoms with Crippen LogP contribution < -0.4 is 0 Å². The summed E-state index contributed by atoms with van der Waals surface area (Å²) in [6, 6.07) is 16.3. The summed E-state index contributed by atoms with van der Waals surface area (Å²) in [7, 11) is 0. The second kappa shape index (κ2) is 8.03. The van der Waals surface area contributed by atoms with Crippen LogP contribution in [0.5, 0.6) is 0 Å².